The molecular formula is C13H20N2O2. The first-order chi connectivity index (χ1) is 7.97. The van der Waals surface area contributed by atoms with Crippen LogP contribution in [-0.4, -0.2) is 29.7 Å². The molecule has 1 rings (SSSR count). The second-order valence-corrected chi connectivity index (χ2v) is 4.32. The lowest BCUT2D eigenvalue weighted by Gasteiger charge is -2.22. The minimum Gasteiger partial charge on any atom is -0.478 e. The number of unbranched alkanes of at least 4 members (excludes halogenated alkanes) is 1. The molecule has 0 radical (unpaired) electrons. The van der Waals surface area contributed by atoms with Gasteiger partial charge >= 0.3 is 5.97 Å². The van der Waals surface area contributed by atoms with Crippen molar-refractivity contribution in [3.05, 3.63) is 23.0 Å². The Balaban J connectivity index is 3.15. The SMILES string of the molecule is CCCCN(C)c1cc(C)nc(C)c1C(=O)O. The van der Waals surface area contributed by atoms with Gasteiger partial charge in [0.2, 0.25) is 0 Å². The van der Waals surface area contributed by atoms with Crippen LogP contribution in [0.25, 0.3) is 0 Å². The van der Waals surface area contributed by atoms with E-state index in [2.05, 4.69) is 11.9 Å². The lowest BCUT2D eigenvalue weighted by molar-refractivity contribution is 0.0696. The Morgan fingerprint density at radius 3 is 2.65 bits per heavy atom. The van der Waals surface area contributed by atoms with E-state index in [9.17, 15) is 9.90 Å². The number of hydrogen-bond donors (Lipinski definition) is 1. The fourth-order valence-corrected chi connectivity index (χ4v) is 1.89. The number of pyridine rings is 1. The minimum absolute atomic E-state index is 0.314. The molecular weight excluding hydrogens is 216 g/mol. The van der Waals surface area contributed by atoms with Crippen LogP contribution in [0.4, 0.5) is 5.69 Å². The van der Waals surface area contributed by atoms with E-state index in [0.29, 0.717) is 11.3 Å². The van der Waals surface area contributed by atoms with Crippen LogP contribution in [0.5, 0.6) is 0 Å². The summed E-state index contributed by atoms with van der Waals surface area (Å²) in [6, 6.07) is 1.84. The highest BCUT2D eigenvalue weighted by Gasteiger charge is 2.17. The first-order valence-corrected chi connectivity index (χ1v) is 5.90. The number of carbonyl (C=O) groups is 1. The number of aromatic nitrogens is 1. The van der Waals surface area contributed by atoms with Gasteiger partial charge in [0.25, 0.3) is 0 Å². The number of carboxylic acid groups (broad SMARTS) is 1. The van der Waals surface area contributed by atoms with Gasteiger partial charge in [-0.1, -0.05) is 13.3 Å². The van der Waals surface area contributed by atoms with Crippen LogP contribution in [0, 0.1) is 13.8 Å². The molecule has 1 aromatic rings. The second-order valence-electron chi connectivity index (χ2n) is 4.32. The Hall–Kier alpha value is -1.58. The lowest BCUT2D eigenvalue weighted by atomic mass is 10.1. The van der Waals surface area contributed by atoms with E-state index in [1.165, 1.54) is 0 Å². The highest BCUT2D eigenvalue weighted by molar-refractivity contribution is 5.95. The van der Waals surface area contributed by atoms with Crippen molar-refractivity contribution in [3.8, 4) is 0 Å². The number of hydrogen-bond acceptors (Lipinski definition) is 3. The third kappa shape index (κ3) is 3.19. The molecule has 0 aliphatic carbocycles. The van der Waals surface area contributed by atoms with Gasteiger partial charge in [-0.05, 0) is 26.3 Å². The van der Waals surface area contributed by atoms with E-state index in [1.54, 1.807) is 6.92 Å². The molecule has 4 heteroatoms. The first kappa shape index (κ1) is 13.5. The quantitative estimate of drug-likeness (QED) is 0.853. The Bertz CT molecular complexity index is 416. The van der Waals surface area contributed by atoms with E-state index in [0.717, 1.165) is 30.8 Å². The van der Waals surface area contributed by atoms with E-state index in [4.69, 9.17) is 0 Å². The van der Waals surface area contributed by atoms with Crippen molar-refractivity contribution in [1.29, 1.82) is 0 Å². The largest absolute Gasteiger partial charge is 0.478 e. The molecule has 4 nitrogen and oxygen atoms in total. The molecule has 1 aromatic heterocycles. The maximum atomic E-state index is 11.3. The zero-order valence-electron chi connectivity index (χ0n) is 10.9. The Morgan fingerprint density at radius 1 is 1.47 bits per heavy atom. The molecule has 0 aliphatic heterocycles. The monoisotopic (exact) mass is 236 g/mol. The topological polar surface area (TPSA) is 53.4 Å². The second kappa shape index (κ2) is 5.66. The predicted molar refractivity (Wildman–Crippen MR) is 68.8 cm³/mol. The molecule has 0 unspecified atom stereocenters. The fraction of sp³-hybridized carbons (Fsp3) is 0.538. The van der Waals surface area contributed by atoms with Crippen LogP contribution in [0.2, 0.25) is 0 Å². The van der Waals surface area contributed by atoms with Gasteiger partial charge in [-0.2, -0.15) is 0 Å². The molecule has 94 valence electrons. The molecule has 0 amide bonds. The van der Waals surface area contributed by atoms with E-state index in [-0.39, 0.29) is 0 Å². The maximum absolute atomic E-state index is 11.3. The standard InChI is InChI=1S/C13H20N2O2/c1-5-6-7-15(4)11-8-9(2)14-10(3)12(11)13(16)17/h8H,5-7H2,1-4H3,(H,16,17). The van der Waals surface area contributed by atoms with Crippen molar-refractivity contribution in [2.75, 3.05) is 18.5 Å². The molecule has 1 N–H and O–H groups in total. The number of aryl methyl sites for hydroxylation is 2. The van der Waals surface area contributed by atoms with Crippen LogP contribution < -0.4 is 4.90 Å². The van der Waals surface area contributed by atoms with Crippen molar-refractivity contribution in [3.63, 3.8) is 0 Å². The van der Waals surface area contributed by atoms with E-state index >= 15 is 0 Å². The van der Waals surface area contributed by atoms with Gasteiger partial charge < -0.3 is 10.0 Å². The van der Waals surface area contributed by atoms with Crippen molar-refractivity contribution in [2.24, 2.45) is 0 Å². The molecule has 0 aromatic carbocycles. The van der Waals surface area contributed by atoms with Crippen molar-refractivity contribution in [2.45, 2.75) is 33.6 Å². The smallest absolute Gasteiger partial charge is 0.339 e. The maximum Gasteiger partial charge on any atom is 0.339 e. The summed E-state index contributed by atoms with van der Waals surface area (Å²) in [4.78, 5) is 17.5. The fourth-order valence-electron chi connectivity index (χ4n) is 1.89. The molecule has 1 heterocycles. The number of carboxylic acids is 1. The molecule has 0 spiro atoms. The van der Waals surface area contributed by atoms with E-state index < -0.39 is 5.97 Å². The van der Waals surface area contributed by atoms with Crippen LogP contribution in [0.15, 0.2) is 6.07 Å². The van der Waals surface area contributed by atoms with Crippen LogP contribution in [0.1, 0.15) is 41.5 Å². The average molecular weight is 236 g/mol. The molecule has 0 atom stereocenters. The summed E-state index contributed by atoms with van der Waals surface area (Å²) < 4.78 is 0. The van der Waals surface area contributed by atoms with Gasteiger partial charge in [0.05, 0.1) is 11.4 Å². The molecule has 0 saturated heterocycles. The molecule has 0 bridgehead atoms. The Labute approximate surface area is 102 Å². The average Bonchev–Trinajstić information content (AvgIpc) is 2.23. The summed E-state index contributed by atoms with van der Waals surface area (Å²) >= 11 is 0. The first-order valence-electron chi connectivity index (χ1n) is 5.90. The molecule has 0 aliphatic rings. The summed E-state index contributed by atoms with van der Waals surface area (Å²) in [6.07, 6.45) is 2.14. The van der Waals surface area contributed by atoms with Crippen molar-refractivity contribution >= 4 is 11.7 Å². The predicted octanol–water partition coefficient (Wildman–Crippen LogP) is 2.63. The van der Waals surface area contributed by atoms with Gasteiger partial charge in [-0.25, -0.2) is 4.79 Å². The van der Waals surface area contributed by atoms with E-state index in [1.807, 2.05) is 24.9 Å². The zero-order valence-corrected chi connectivity index (χ0v) is 10.9. The number of nitrogens with zero attached hydrogens (tertiary/aromatic N) is 2. The van der Waals surface area contributed by atoms with Crippen LogP contribution in [-0.2, 0) is 0 Å². The highest BCUT2D eigenvalue weighted by atomic mass is 16.4. The normalized spacial score (nSPS) is 10.4. The summed E-state index contributed by atoms with van der Waals surface area (Å²) in [5.74, 6) is -0.909. The third-order valence-corrected chi connectivity index (χ3v) is 2.78. The highest BCUT2D eigenvalue weighted by Crippen LogP contribution is 2.23. The van der Waals surface area contributed by atoms with Gasteiger partial charge in [0.1, 0.15) is 5.56 Å². The Kier molecular flexibility index (Phi) is 4.49. The molecule has 0 fully saturated rings. The van der Waals surface area contributed by atoms with Gasteiger partial charge in [0, 0.05) is 19.3 Å². The van der Waals surface area contributed by atoms with Crippen LogP contribution >= 0.6 is 0 Å². The van der Waals surface area contributed by atoms with Gasteiger partial charge in [-0.3, -0.25) is 4.98 Å². The molecule has 17 heavy (non-hydrogen) atoms. The van der Waals surface area contributed by atoms with Gasteiger partial charge in [-0.15, -0.1) is 0 Å². The summed E-state index contributed by atoms with van der Waals surface area (Å²) in [5.41, 5.74) is 2.51. The van der Waals surface area contributed by atoms with Crippen LogP contribution in [0.3, 0.4) is 0 Å². The number of anilines is 1. The Morgan fingerprint density at radius 2 is 2.12 bits per heavy atom. The minimum atomic E-state index is -0.909. The van der Waals surface area contributed by atoms with Gasteiger partial charge in [0.15, 0.2) is 0 Å². The van der Waals surface area contributed by atoms with Crippen molar-refractivity contribution in [1.82, 2.24) is 4.98 Å². The molecule has 0 saturated carbocycles. The summed E-state index contributed by atoms with van der Waals surface area (Å²) in [5, 5.41) is 9.25. The lowest BCUT2D eigenvalue weighted by Crippen LogP contribution is -2.22. The summed E-state index contributed by atoms with van der Waals surface area (Å²) in [6.45, 7) is 6.61. The summed E-state index contributed by atoms with van der Waals surface area (Å²) in [7, 11) is 1.93. The third-order valence-electron chi connectivity index (χ3n) is 2.78. The van der Waals surface area contributed by atoms with Crippen molar-refractivity contribution < 1.29 is 9.90 Å². The number of aromatic carboxylic acids is 1. The number of rotatable bonds is 5. The zero-order chi connectivity index (χ0) is 13.0.